The molecule has 1 aliphatic heterocycles. The number of nitrogens with one attached hydrogen (secondary N) is 1. The maximum Gasteiger partial charge on any atom is 0.211 e. The Morgan fingerprint density at radius 3 is 2.67 bits per heavy atom. The third-order valence-electron chi connectivity index (χ3n) is 3.47. The lowest BCUT2D eigenvalue weighted by Gasteiger charge is -2.04. The van der Waals surface area contributed by atoms with E-state index in [1.54, 1.807) is 7.11 Å². The molecule has 1 aromatic carbocycles. The molecule has 0 bridgehead atoms. The average Bonchev–Trinajstić information content (AvgIpc) is 3.10. The van der Waals surface area contributed by atoms with Crippen molar-refractivity contribution in [2.45, 2.75) is 25.3 Å². The van der Waals surface area contributed by atoms with Crippen LogP contribution in [0.3, 0.4) is 0 Å². The summed E-state index contributed by atoms with van der Waals surface area (Å²) < 4.78 is 11.0. The van der Waals surface area contributed by atoms with Crippen LogP contribution in [0.1, 0.15) is 36.1 Å². The molecule has 6 heteroatoms. The highest BCUT2D eigenvalue weighted by molar-refractivity contribution is 5.85. The summed E-state index contributed by atoms with van der Waals surface area (Å²) in [4.78, 5) is 4.37. The molecule has 0 radical (unpaired) electrons. The fourth-order valence-corrected chi connectivity index (χ4v) is 2.41. The summed E-state index contributed by atoms with van der Waals surface area (Å²) in [5.74, 6) is 2.60. The molecule has 2 aromatic rings. The highest BCUT2D eigenvalue weighted by atomic mass is 35.5. The van der Waals surface area contributed by atoms with Gasteiger partial charge in [-0.1, -0.05) is 12.1 Å². The molecule has 116 valence electrons. The highest BCUT2D eigenvalue weighted by Gasteiger charge is 2.20. The summed E-state index contributed by atoms with van der Waals surface area (Å²) >= 11 is 0. The number of nitrogens with zero attached hydrogens (tertiary/aromatic N) is 1. The summed E-state index contributed by atoms with van der Waals surface area (Å²) in [5, 5.41) is 3.39. The highest BCUT2D eigenvalue weighted by Crippen LogP contribution is 2.23. The molecular weight excluding hydrogens is 311 g/mol. The van der Waals surface area contributed by atoms with E-state index in [0.717, 1.165) is 36.8 Å². The molecular formula is C15H20Cl2N2O2. The third-order valence-corrected chi connectivity index (χ3v) is 3.47. The van der Waals surface area contributed by atoms with Crippen molar-refractivity contribution in [1.82, 2.24) is 10.3 Å². The SMILES string of the molecule is COc1ccc(Cc2cnc(C3CCCN3)o2)cc1.Cl.Cl. The zero-order valence-corrected chi connectivity index (χ0v) is 13.5. The zero-order valence-electron chi connectivity index (χ0n) is 11.9. The van der Waals surface area contributed by atoms with E-state index in [0.29, 0.717) is 6.04 Å². The van der Waals surface area contributed by atoms with E-state index in [4.69, 9.17) is 9.15 Å². The van der Waals surface area contributed by atoms with Crippen molar-refractivity contribution < 1.29 is 9.15 Å². The average molecular weight is 331 g/mol. The maximum atomic E-state index is 5.82. The van der Waals surface area contributed by atoms with Crippen molar-refractivity contribution in [3.05, 3.63) is 47.7 Å². The van der Waals surface area contributed by atoms with Gasteiger partial charge in [-0.2, -0.15) is 0 Å². The zero-order chi connectivity index (χ0) is 13.1. The molecule has 4 nitrogen and oxygen atoms in total. The van der Waals surface area contributed by atoms with Crippen LogP contribution in [0, 0.1) is 0 Å². The van der Waals surface area contributed by atoms with E-state index in [9.17, 15) is 0 Å². The fraction of sp³-hybridized carbons (Fsp3) is 0.400. The summed E-state index contributed by atoms with van der Waals surface area (Å²) in [6, 6.07) is 8.32. The van der Waals surface area contributed by atoms with Crippen molar-refractivity contribution in [1.29, 1.82) is 0 Å². The van der Waals surface area contributed by atoms with Gasteiger partial charge >= 0.3 is 0 Å². The second-order valence-electron chi connectivity index (χ2n) is 4.84. The minimum Gasteiger partial charge on any atom is -0.497 e. The number of halogens is 2. The fourth-order valence-electron chi connectivity index (χ4n) is 2.41. The molecule has 2 heterocycles. The number of methoxy groups -OCH3 is 1. The van der Waals surface area contributed by atoms with E-state index in [1.807, 2.05) is 18.3 Å². The van der Waals surface area contributed by atoms with Gasteiger partial charge in [0, 0.05) is 6.42 Å². The van der Waals surface area contributed by atoms with Gasteiger partial charge in [-0.15, -0.1) is 24.8 Å². The molecule has 0 aliphatic carbocycles. The molecule has 21 heavy (non-hydrogen) atoms. The van der Waals surface area contributed by atoms with Crippen molar-refractivity contribution in [2.75, 3.05) is 13.7 Å². The number of rotatable bonds is 4. The van der Waals surface area contributed by atoms with Gasteiger partial charge in [0.25, 0.3) is 0 Å². The molecule has 1 fully saturated rings. The number of benzene rings is 1. The van der Waals surface area contributed by atoms with E-state index < -0.39 is 0 Å². The second-order valence-corrected chi connectivity index (χ2v) is 4.84. The number of aromatic nitrogens is 1. The van der Waals surface area contributed by atoms with E-state index in [2.05, 4.69) is 22.4 Å². The van der Waals surface area contributed by atoms with Crippen LogP contribution in [0.25, 0.3) is 0 Å². The van der Waals surface area contributed by atoms with Gasteiger partial charge in [-0.3, -0.25) is 0 Å². The molecule has 1 saturated heterocycles. The Labute approximate surface area is 137 Å². The van der Waals surface area contributed by atoms with Crippen LogP contribution in [0.15, 0.2) is 34.9 Å². The Morgan fingerprint density at radius 2 is 2.05 bits per heavy atom. The summed E-state index contributed by atoms with van der Waals surface area (Å²) in [7, 11) is 1.67. The Bertz CT molecular complexity index is 537. The third kappa shape index (κ3) is 4.37. The van der Waals surface area contributed by atoms with Crippen LogP contribution in [0.2, 0.25) is 0 Å². The Morgan fingerprint density at radius 1 is 1.29 bits per heavy atom. The first kappa shape index (κ1) is 17.8. The lowest BCUT2D eigenvalue weighted by molar-refractivity contribution is 0.408. The quantitative estimate of drug-likeness (QED) is 0.931. The molecule has 0 spiro atoms. The van der Waals surface area contributed by atoms with Crippen LogP contribution in [0.4, 0.5) is 0 Å². The lowest BCUT2D eigenvalue weighted by Crippen LogP contribution is -2.12. The van der Waals surface area contributed by atoms with Crippen molar-refractivity contribution in [3.8, 4) is 5.75 Å². The molecule has 1 atom stereocenters. The first-order valence-electron chi connectivity index (χ1n) is 6.66. The topological polar surface area (TPSA) is 47.3 Å². The minimum absolute atomic E-state index is 0. The first-order valence-corrected chi connectivity index (χ1v) is 6.66. The normalized spacial score (nSPS) is 16.9. The molecule has 1 N–H and O–H groups in total. The number of hydrogen-bond acceptors (Lipinski definition) is 4. The molecule has 1 aromatic heterocycles. The second kappa shape index (κ2) is 8.27. The van der Waals surface area contributed by atoms with Crippen molar-refractivity contribution in [3.63, 3.8) is 0 Å². The largest absolute Gasteiger partial charge is 0.497 e. The van der Waals surface area contributed by atoms with Crippen molar-refractivity contribution >= 4 is 24.8 Å². The van der Waals surface area contributed by atoms with Gasteiger partial charge in [0.1, 0.15) is 11.5 Å². The monoisotopic (exact) mass is 330 g/mol. The predicted octanol–water partition coefficient (Wildman–Crippen LogP) is 3.54. The van der Waals surface area contributed by atoms with Gasteiger partial charge in [0.2, 0.25) is 5.89 Å². The first-order chi connectivity index (χ1) is 9.35. The Kier molecular flexibility index (Phi) is 7.02. The Hall–Kier alpha value is -1.23. The molecule has 1 unspecified atom stereocenters. The molecule has 0 saturated carbocycles. The van der Waals surface area contributed by atoms with Gasteiger partial charge in [-0.05, 0) is 37.1 Å². The summed E-state index contributed by atoms with van der Waals surface area (Å²) in [6.07, 6.45) is 4.91. The number of ether oxygens (including phenoxy) is 1. The van der Waals surface area contributed by atoms with E-state index in [-0.39, 0.29) is 24.8 Å². The van der Waals surface area contributed by atoms with Crippen LogP contribution in [0.5, 0.6) is 5.75 Å². The summed E-state index contributed by atoms with van der Waals surface area (Å²) in [5.41, 5.74) is 1.20. The van der Waals surface area contributed by atoms with Crippen LogP contribution in [-0.4, -0.2) is 18.6 Å². The van der Waals surface area contributed by atoms with Gasteiger partial charge in [-0.25, -0.2) is 4.98 Å². The maximum absolute atomic E-state index is 5.82. The van der Waals surface area contributed by atoms with E-state index >= 15 is 0 Å². The van der Waals surface area contributed by atoms with Gasteiger partial charge in [0.15, 0.2) is 0 Å². The Balaban J connectivity index is 0.00000110. The van der Waals surface area contributed by atoms with Crippen LogP contribution >= 0.6 is 24.8 Å². The number of hydrogen-bond donors (Lipinski definition) is 1. The summed E-state index contributed by atoms with van der Waals surface area (Å²) in [6.45, 7) is 1.06. The number of oxazole rings is 1. The minimum atomic E-state index is 0. The van der Waals surface area contributed by atoms with Gasteiger partial charge < -0.3 is 14.5 Å². The van der Waals surface area contributed by atoms with Crippen LogP contribution < -0.4 is 10.1 Å². The lowest BCUT2D eigenvalue weighted by atomic mass is 10.1. The van der Waals surface area contributed by atoms with Crippen LogP contribution in [-0.2, 0) is 6.42 Å². The smallest absolute Gasteiger partial charge is 0.211 e. The van der Waals surface area contributed by atoms with Gasteiger partial charge in [0.05, 0.1) is 19.3 Å². The standard InChI is InChI=1S/C15H18N2O2.2ClH/c1-18-12-6-4-11(5-7-12)9-13-10-17-15(19-13)14-3-2-8-16-14;;/h4-7,10,14,16H,2-3,8-9H2,1H3;2*1H. The van der Waals surface area contributed by atoms with Crippen molar-refractivity contribution in [2.24, 2.45) is 0 Å². The molecule has 3 rings (SSSR count). The molecule has 0 amide bonds. The molecule has 1 aliphatic rings. The van der Waals surface area contributed by atoms with E-state index in [1.165, 1.54) is 12.0 Å². The predicted molar refractivity (Wildman–Crippen MR) is 86.8 cm³/mol.